The minimum Gasteiger partial charge on any atom is -0.388 e. The predicted molar refractivity (Wildman–Crippen MR) is 91.3 cm³/mol. The van der Waals surface area contributed by atoms with E-state index >= 15 is 0 Å². The van der Waals surface area contributed by atoms with Crippen molar-refractivity contribution >= 4 is 5.91 Å². The standard InChI is InChI=1S/C20H27NO3/c22-19(17-12-16-8-9-18(17)24-16)21(13-15-6-2-1-3-7-15)14-20(23)10-4-5-11-20/h1-3,6-7,16-18,23H,4-5,8-14H2. The third-order valence-electron chi connectivity index (χ3n) is 5.97. The van der Waals surface area contributed by atoms with Gasteiger partial charge < -0.3 is 14.7 Å². The van der Waals surface area contributed by atoms with E-state index < -0.39 is 5.60 Å². The number of carbonyl (C=O) groups is 1. The van der Waals surface area contributed by atoms with Gasteiger partial charge in [-0.05, 0) is 37.7 Å². The van der Waals surface area contributed by atoms with Gasteiger partial charge in [-0.3, -0.25) is 4.79 Å². The van der Waals surface area contributed by atoms with E-state index in [4.69, 9.17) is 4.74 Å². The first-order valence-electron chi connectivity index (χ1n) is 9.34. The van der Waals surface area contributed by atoms with Crippen molar-refractivity contribution in [3.63, 3.8) is 0 Å². The van der Waals surface area contributed by atoms with Gasteiger partial charge in [0.2, 0.25) is 5.91 Å². The summed E-state index contributed by atoms with van der Waals surface area (Å²) < 4.78 is 5.89. The number of benzene rings is 1. The SMILES string of the molecule is O=C(C1CC2CCC1O2)N(Cc1ccccc1)CC1(O)CCCC1. The largest absolute Gasteiger partial charge is 0.388 e. The van der Waals surface area contributed by atoms with Crippen LogP contribution in [-0.4, -0.2) is 40.3 Å². The van der Waals surface area contributed by atoms with Crippen LogP contribution in [0.15, 0.2) is 30.3 Å². The molecule has 4 rings (SSSR count). The average molecular weight is 329 g/mol. The summed E-state index contributed by atoms with van der Waals surface area (Å²) in [6.45, 7) is 1.03. The van der Waals surface area contributed by atoms with Gasteiger partial charge in [0.15, 0.2) is 0 Å². The molecule has 3 aliphatic rings. The van der Waals surface area contributed by atoms with Crippen LogP contribution in [0, 0.1) is 5.92 Å². The molecular formula is C20H27NO3. The molecule has 0 aromatic heterocycles. The number of fused-ring (bicyclic) bond motifs is 2. The maximum absolute atomic E-state index is 13.2. The van der Waals surface area contributed by atoms with Crippen molar-refractivity contribution < 1.29 is 14.6 Å². The Kier molecular flexibility index (Phi) is 4.35. The number of aliphatic hydroxyl groups is 1. The zero-order valence-corrected chi connectivity index (χ0v) is 14.2. The third-order valence-corrected chi connectivity index (χ3v) is 5.97. The highest BCUT2D eigenvalue weighted by molar-refractivity contribution is 5.80. The van der Waals surface area contributed by atoms with Crippen LogP contribution >= 0.6 is 0 Å². The molecular weight excluding hydrogens is 302 g/mol. The Labute approximate surface area is 143 Å². The summed E-state index contributed by atoms with van der Waals surface area (Å²) in [6, 6.07) is 10.1. The fraction of sp³-hybridized carbons (Fsp3) is 0.650. The lowest BCUT2D eigenvalue weighted by Gasteiger charge is -2.34. The smallest absolute Gasteiger partial charge is 0.228 e. The highest BCUT2D eigenvalue weighted by atomic mass is 16.5. The van der Waals surface area contributed by atoms with Crippen molar-refractivity contribution in [2.45, 2.75) is 69.3 Å². The van der Waals surface area contributed by atoms with Gasteiger partial charge in [0, 0.05) is 13.1 Å². The topological polar surface area (TPSA) is 49.8 Å². The molecule has 2 aliphatic heterocycles. The lowest BCUT2D eigenvalue weighted by molar-refractivity contribution is -0.141. The van der Waals surface area contributed by atoms with Gasteiger partial charge >= 0.3 is 0 Å². The van der Waals surface area contributed by atoms with Crippen molar-refractivity contribution in [3.8, 4) is 0 Å². The van der Waals surface area contributed by atoms with Gasteiger partial charge in [-0.2, -0.15) is 0 Å². The zero-order chi connectivity index (χ0) is 16.6. The van der Waals surface area contributed by atoms with E-state index in [1.54, 1.807) is 0 Å². The van der Waals surface area contributed by atoms with Gasteiger partial charge in [0.1, 0.15) is 0 Å². The van der Waals surface area contributed by atoms with Gasteiger partial charge in [-0.25, -0.2) is 0 Å². The van der Waals surface area contributed by atoms with Crippen LogP contribution in [-0.2, 0) is 16.1 Å². The van der Waals surface area contributed by atoms with E-state index in [2.05, 4.69) is 12.1 Å². The van der Waals surface area contributed by atoms with E-state index in [1.165, 1.54) is 0 Å². The molecule has 1 aromatic carbocycles. The van der Waals surface area contributed by atoms with E-state index in [-0.39, 0.29) is 24.0 Å². The molecule has 0 radical (unpaired) electrons. The second-order valence-corrected chi connectivity index (χ2v) is 7.83. The maximum Gasteiger partial charge on any atom is 0.228 e. The monoisotopic (exact) mass is 329 g/mol. The molecule has 3 atom stereocenters. The lowest BCUT2D eigenvalue weighted by atomic mass is 9.87. The minimum atomic E-state index is -0.705. The Bertz CT molecular complexity index is 582. The number of hydrogen-bond acceptors (Lipinski definition) is 3. The van der Waals surface area contributed by atoms with Crippen molar-refractivity contribution in [2.75, 3.05) is 6.54 Å². The molecule has 1 aliphatic carbocycles. The first-order valence-corrected chi connectivity index (χ1v) is 9.34. The lowest BCUT2D eigenvalue weighted by Crippen LogP contribution is -2.47. The van der Waals surface area contributed by atoms with Crippen molar-refractivity contribution in [1.29, 1.82) is 0 Å². The molecule has 1 N–H and O–H groups in total. The molecule has 2 bridgehead atoms. The van der Waals surface area contributed by atoms with Crippen molar-refractivity contribution in [2.24, 2.45) is 5.92 Å². The molecule has 24 heavy (non-hydrogen) atoms. The van der Waals surface area contributed by atoms with Gasteiger partial charge in [-0.1, -0.05) is 43.2 Å². The van der Waals surface area contributed by atoms with Crippen molar-refractivity contribution in [3.05, 3.63) is 35.9 Å². The molecule has 4 nitrogen and oxygen atoms in total. The van der Waals surface area contributed by atoms with Gasteiger partial charge in [0.05, 0.1) is 23.7 Å². The zero-order valence-electron chi connectivity index (χ0n) is 14.2. The molecule has 2 saturated heterocycles. The summed E-state index contributed by atoms with van der Waals surface area (Å²) in [5.41, 5.74) is 0.416. The van der Waals surface area contributed by atoms with E-state index in [0.717, 1.165) is 50.5 Å². The molecule has 1 amide bonds. The summed E-state index contributed by atoms with van der Waals surface area (Å²) in [4.78, 5) is 15.1. The van der Waals surface area contributed by atoms with E-state index in [1.807, 2.05) is 23.1 Å². The summed E-state index contributed by atoms with van der Waals surface area (Å²) in [5.74, 6) is 0.156. The number of amides is 1. The fourth-order valence-corrected chi connectivity index (χ4v) is 4.69. The highest BCUT2D eigenvalue weighted by Crippen LogP contribution is 2.40. The highest BCUT2D eigenvalue weighted by Gasteiger charge is 2.46. The Balaban J connectivity index is 1.51. The summed E-state index contributed by atoms with van der Waals surface area (Å²) in [5, 5.41) is 10.8. The normalized spacial score (nSPS) is 30.6. The summed E-state index contributed by atoms with van der Waals surface area (Å²) in [6.07, 6.45) is 7.05. The second-order valence-electron chi connectivity index (χ2n) is 7.83. The molecule has 3 fully saturated rings. The van der Waals surface area contributed by atoms with Crippen LogP contribution < -0.4 is 0 Å². The van der Waals surface area contributed by atoms with Crippen LogP contribution in [0.2, 0.25) is 0 Å². The fourth-order valence-electron chi connectivity index (χ4n) is 4.69. The molecule has 1 aromatic rings. The van der Waals surface area contributed by atoms with Crippen LogP contribution in [0.1, 0.15) is 50.5 Å². The number of rotatable bonds is 5. The van der Waals surface area contributed by atoms with Crippen LogP contribution in [0.5, 0.6) is 0 Å². The van der Waals surface area contributed by atoms with Gasteiger partial charge in [0.25, 0.3) is 0 Å². The first kappa shape index (κ1) is 16.1. The Morgan fingerprint density at radius 3 is 2.58 bits per heavy atom. The predicted octanol–water partition coefficient (Wildman–Crippen LogP) is 2.89. The Morgan fingerprint density at radius 2 is 1.96 bits per heavy atom. The molecule has 3 unspecified atom stereocenters. The number of carbonyl (C=O) groups excluding carboxylic acids is 1. The molecule has 0 spiro atoms. The molecule has 1 saturated carbocycles. The van der Waals surface area contributed by atoms with E-state index in [0.29, 0.717) is 13.1 Å². The van der Waals surface area contributed by atoms with Gasteiger partial charge in [-0.15, -0.1) is 0 Å². The average Bonchev–Trinajstić information content (AvgIpc) is 3.31. The molecule has 2 heterocycles. The van der Waals surface area contributed by atoms with Crippen molar-refractivity contribution in [1.82, 2.24) is 4.90 Å². The maximum atomic E-state index is 13.2. The van der Waals surface area contributed by atoms with Crippen LogP contribution in [0.4, 0.5) is 0 Å². The Hall–Kier alpha value is -1.39. The summed E-state index contributed by atoms with van der Waals surface area (Å²) in [7, 11) is 0. The Morgan fingerprint density at radius 1 is 1.21 bits per heavy atom. The third kappa shape index (κ3) is 3.22. The quantitative estimate of drug-likeness (QED) is 0.904. The first-order chi connectivity index (χ1) is 11.6. The minimum absolute atomic E-state index is 0.0162. The summed E-state index contributed by atoms with van der Waals surface area (Å²) >= 11 is 0. The van der Waals surface area contributed by atoms with Crippen LogP contribution in [0.3, 0.4) is 0 Å². The van der Waals surface area contributed by atoms with Crippen LogP contribution in [0.25, 0.3) is 0 Å². The molecule has 4 heteroatoms. The number of hydrogen-bond donors (Lipinski definition) is 1. The number of ether oxygens (including phenoxy) is 1. The van der Waals surface area contributed by atoms with E-state index in [9.17, 15) is 9.90 Å². The number of nitrogens with zero attached hydrogens (tertiary/aromatic N) is 1. The second kappa shape index (κ2) is 6.49. The molecule has 130 valence electrons.